The zero-order chi connectivity index (χ0) is 24.3. The summed E-state index contributed by atoms with van der Waals surface area (Å²) < 4.78 is 13.5. The zero-order valence-electron chi connectivity index (χ0n) is 18.9. The minimum Gasteiger partial charge on any atom is -0.481 e. The number of imidazole rings is 1. The number of carbonyl (C=O) groups is 1. The smallest absolute Gasteiger partial charge is 0.313 e. The number of nitrogens with zero attached hydrogens (tertiary/aromatic N) is 3. The highest BCUT2D eigenvalue weighted by molar-refractivity contribution is 6.76. The number of rotatable bonds is 10. The molecule has 0 aliphatic heterocycles. The molecule has 33 heavy (non-hydrogen) atoms. The lowest BCUT2D eigenvalue weighted by molar-refractivity contribution is -0.385. The van der Waals surface area contributed by atoms with Crippen LogP contribution in [0.4, 0.5) is 5.69 Å². The molecule has 1 N–H and O–H groups in total. The second kappa shape index (κ2) is 9.90. The van der Waals surface area contributed by atoms with Gasteiger partial charge in [-0.25, -0.2) is 4.98 Å². The van der Waals surface area contributed by atoms with Gasteiger partial charge in [-0.3, -0.25) is 14.9 Å². The highest BCUT2D eigenvalue weighted by atomic mass is 35.5. The van der Waals surface area contributed by atoms with Gasteiger partial charge in [0.1, 0.15) is 18.3 Å². The molecule has 9 nitrogen and oxygen atoms in total. The summed E-state index contributed by atoms with van der Waals surface area (Å²) in [5.41, 5.74) is 1.34. The van der Waals surface area contributed by atoms with E-state index in [9.17, 15) is 14.9 Å². The van der Waals surface area contributed by atoms with Gasteiger partial charge in [0.15, 0.2) is 0 Å². The van der Waals surface area contributed by atoms with E-state index in [1.807, 2.05) is 11.5 Å². The molecule has 176 valence electrons. The van der Waals surface area contributed by atoms with Crippen molar-refractivity contribution < 1.29 is 24.3 Å². The molecule has 3 rings (SSSR count). The Labute approximate surface area is 197 Å². The molecular weight excluding hydrogens is 466 g/mol. The van der Waals surface area contributed by atoms with Crippen LogP contribution in [0.2, 0.25) is 30.7 Å². The number of nitro groups is 1. The van der Waals surface area contributed by atoms with Gasteiger partial charge in [-0.1, -0.05) is 37.3 Å². The Balaban J connectivity index is 1.93. The Bertz CT molecular complexity index is 1210. The summed E-state index contributed by atoms with van der Waals surface area (Å²) in [6, 6.07) is 8.46. The van der Waals surface area contributed by atoms with E-state index in [2.05, 4.69) is 24.6 Å². The molecule has 0 bridgehead atoms. The van der Waals surface area contributed by atoms with Gasteiger partial charge in [0, 0.05) is 26.8 Å². The summed E-state index contributed by atoms with van der Waals surface area (Å²) in [5, 5.41) is 20.8. The van der Waals surface area contributed by atoms with Crippen molar-refractivity contribution in [3.8, 4) is 11.5 Å². The Morgan fingerprint density at radius 3 is 2.58 bits per heavy atom. The highest BCUT2D eigenvalue weighted by Crippen LogP contribution is 2.38. The first-order valence-corrected chi connectivity index (χ1v) is 14.4. The van der Waals surface area contributed by atoms with E-state index in [0.29, 0.717) is 29.0 Å². The van der Waals surface area contributed by atoms with Crippen LogP contribution < -0.4 is 4.74 Å². The Morgan fingerprint density at radius 2 is 1.97 bits per heavy atom. The zero-order valence-corrected chi connectivity index (χ0v) is 20.7. The van der Waals surface area contributed by atoms with Crippen LogP contribution in [0.1, 0.15) is 11.4 Å². The van der Waals surface area contributed by atoms with Gasteiger partial charge < -0.3 is 19.1 Å². The third-order valence-electron chi connectivity index (χ3n) is 5.00. The average molecular weight is 492 g/mol. The predicted molar refractivity (Wildman–Crippen MR) is 128 cm³/mol. The van der Waals surface area contributed by atoms with Crippen LogP contribution in [0, 0.1) is 17.0 Å². The van der Waals surface area contributed by atoms with Gasteiger partial charge in [-0.15, -0.1) is 0 Å². The second-order valence-corrected chi connectivity index (χ2v) is 15.0. The number of benzene rings is 2. The van der Waals surface area contributed by atoms with E-state index in [-0.39, 0.29) is 35.4 Å². The number of hydrogen-bond donors (Lipinski definition) is 1. The van der Waals surface area contributed by atoms with Crippen LogP contribution >= 0.6 is 11.6 Å². The number of nitro benzene ring substituents is 1. The number of ether oxygens (including phenoxy) is 2. The lowest BCUT2D eigenvalue weighted by atomic mass is 10.1. The van der Waals surface area contributed by atoms with Crippen LogP contribution in [0.5, 0.6) is 11.5 Å². The molecule has 1 heterocycles. The van der Waals surface area contributed by atoms with Crippen molar-refractivity contribution in [2.45, 2.75) is 45.8 Å². The summed E-state index contributed by atoms with van der Waals surface area (Å²) in [7, 11) is -1.23. The quantitative estimate of drug-likeness (QED) is 0.169. The van der Waals surface area contributed by atoms with Crippen LogP contribution in [-0.2, 0) is 22.7 Å². The van der Waals surface area contributed by atoms with E-state index in [0.717, 1.165) is 6.04 Å². The molecule has 0 radical (unpaired) electrons. The minimum absolute atomic E-state index is 0.00336. The number of hydrogen-bond acceptors (Lipinski definition) is 6. The maximum Gasteiger partial charge on any atom is 0.313 e. The topological polar surface area (TPSA) is 117 Å². The first kappa shape index (κ1) is 24.7. The second-order valence-electron chi connectivity index (χ2n) is 8.94. The van der Waals surface area contributed by atoms with Gasteiger partial charge >= 0.3 is 11.7 Å². The molecule has 0 amide bonds. The number of carboxylic acids is 1. The predicted octanol–water partition coefficient (Wildman–Crippen LogP) is 5.64. The van der Waals surface area contributed by atoms with Crippen LogP contribution in [0.25, 0.3) is 11.0 Å². The Hall–Kier alpha value is -2.95. The molecule has 0 atom stereocenters. The molecule has 0 saturated carbocycles. The molecule has 0 spiro atoms. The fraction of sp³-hybridized carbons (Fsp3) is 0.364. The van der Waals surface area contributed by atoms with E-state index < -0.39 is 19.0 Å². The molecule has 0 saturated heterocycles. The van der Waals surface area contributed by atoms with E-state index >= 15 is 0 Å². The van der Waals surface area contributed by atoms with E-state index in [1.54, 1.807) is 12.1 Å². The molecule has 0 aliphatic rings. The van der Waals surface area contributed by atoms with Crippen molar-refractivity contribution in [2.24, 2.45) is 0 Å². The molecular formula is C22H26ClN3O6Si. The summed E-state index contributed by atoms with van der Waals surface area (Å²) in [6.07, 6.45) is -0.192. The number of carboxylic acid groups (broad SMARTS) is 1. The van der Waals surface area contributed by atoms with Crippen LogP contribution in [0.15, 0.2) is 30.3 Å². The van der Waals surface area contributed by atoms with Crippen molar-refractivity contribution >= 4 is 42.4 Å². The maximum absolute atomic E-state index is 11.7. The Morgan fingerprint density at radius 1 is 1.24 bits per heavy atom. The molecule has 0 fully saturated rings. The first-order chi connectivity index (χ1) is 15.4. The summed E-state index contributed by atoms with van der Waals surface area (Å²) in [5.74, 6) is -0.136. The minimum atomic E-state index is -1.23. The number of aryl methyl sites for hydroxylation is 1. The van der Waals surface area contributed by atoms with Crippen LogP contribution in [-0.4, -0.2) is 40.2 Å². The lowest BCUT2D eigenvalue weighted by Gasteiger charge is -2.16. The maximum atomic E-state index is 11.7. The third kappa shape index (κ3) is 6.31. The summed E-state index contributed by atoms with van der Waals surface area (Å²) in [6.45, 7) is 9.54. The third-order valence-corrected chi connectivity index (χ3v) is 7.00. The molecule has 0 aliphatic carbocycles. The molecule has 11 heteroatoms. The van der Waals surface area contributed by atoms with Gasteiger partial charge in [0.2, 0.25) is 5.75 Å². The van der Waals surface area contributed by atoms with Gasteiger partial charge in [0.25, 0.3) is 0 Å². The van der Waals surface area contributed by atoms with Crippen molar-refractivity contribution in [1.29, 1.82) is 0 Å². The Kier molecular flexibility index (Phi) is 7.40. The number of aliphatic carboxylic acids is 1. The summed E-state index contributed by atoms with van der Waals surface area (Å²) in [4.78, 5) is 26.5. The average Bonchev–Trinajstić information content (AvgIpc) is 2.99. The van der Waals surface area contributed by atoms with E-state index in [4.69, 9.17) is 26.2 Å². The highest BCUT2D eigenvalue weighted by Gasteiger charge is 2.22. The van der Waals surface area contributed by atoms with Crippen molar-refractivity contribution in [3.63, 3.8) is 0 Å². The SMILES string of the molecule is Cc1nc2cc([N+](=O)[O-])c(Oc3ccc(CC(=O)O)cc3Cl)cc2n1COCC[Si](C)(C)C. The first-order valence-electron chi connectivity index (χ1n) is 10.4. The van der Waals surface area contributed by atoms with Crippen molar-refractivity contribution in [1.82, 2.24) is 9.55 Å². The largest absolute Gasteiger partial charge is 0.481 e. The molecule has 3 aromatic rings. The molecule has 2 aromatic carbocycles. The van der Waals surface area contributed by atoms with Gasteiger partial charge in [0.05, 0.1) is 27.4 Å². The van der Waals surface area contributed by atoms with Crippen LogP contribution in [0.3, 0.4) is 0 Å². The van der Waals surface area contributed by atoms with Crippen molar-refractivity contribution in [3.05, 3.63) is 56.9 Å². The lowest BCUT2D eigenvalue weighted by Crippen LogP contribution is -2.22. The van der Waals surface area contributed by atoms with Crippen molar-refractivity contribution in [2.75, 3.05) is 6.61 Å². The number of halogens is 1. The van der Waals surface area contributed by atoms with Gasteiger partial charge in [-0.2, -0.15) is 0 Å². The van der Waals surface area contributed by atoms with E-state index in [1.165, 1.54) is 18.2 Å². The number of aromatic nitrogens is 2. The fourth-order valence-electron chi connectivity index (χ4n) is 3.21. The monoisotopic (exact) mass is 491 g/mol. The molecule has 0 unspecified atom stereocenters. The standard InChI is InChI=1S/C22H26ClN3O6Si/c1-14-24-17-11-19(26(29)30)21(12-18(17)25(14)13-31-7-8-33(2,3)4)32-20-6-5-15(9-16(20)23)10-22(27)28/h5-6,9,11-12H,7-8,10,13H2,1-4H3,(H,27,28). The number of fused-ring (bicyclic) bond motifs is 1. The van der Waals surface area contributed by atoms with Gasteiger partial charge in [-0.05, 0) is 30.7 Å². The molecule has 1 aromatic heterocycles. The summed E-state index contributed by atoms with van der Waals surface area (Å²) >= 11 is 6.25. The normalized spacial score (nSPS) is 11.7. The fourth-order valence-corrected chi connectivity index (χ4v) is 4.21.